The van der Waals surface area contributed by atoms with E-state index in [1.807, 2.05) is 0 Å². The molecular weight excluding hydrogens is 420 g/mol. The van der Waals surface area contributed by atoms with Gasteiger partial charge in [-0.3, -0.25) is 0 Å². The van der Waals surface area contributed by atoms with Crippen molar-refractivity contribution in [2.45, 2.75) is 163 Å². The van der Waals surface area contributed by atoms with Gasteiger partial charge in [-0.15, -0.1) is 0 Å². The maximum absolute atomic E-state index is 7.04. The van der Waals surface area contributed by atoms with Crippen LogP contribution in [0.3, 0.4) is 0 Å². The van der Waals surface area contributed by atoms with Crippen molar-refractivity contribution < 1.29 is 17.7 Å². The van der Waals surface area contributed by atoms with Crippen molar-refractivity contribution >= 4 is 17.1 Å². The number of rotatable bonds is 6. The van der Waals surface area contributed by atoms with E-state index < -0.39 is 17.1 Å². The van der Waals surface area contributed by atoms with Crippen LogP contribution in [0.5, 0.6) is 0 Å². The van der Waals surface area contributed by atoms with E-state index in [0.717, 1.165) is 0 Å². The molecule has 6 heteroatoms. The van der Waals surface area contributed by atoms with Crippen molar-refractivity contribution in [3.63, 3.8) is 0 Å². The van der Waals surface area contributed by atoms with Crippen LogP contribution in [-0.4, -0.2) is 39.5 Å². The largest absolute Gasteiger partial charge is 0.389 e. The molecule has 188 valence electrons. The Morgan fingerprint density at radius 2 is 0.516 bits per heavy atom. The zero-order valence-electron chi connectivity index (χ0n) is 24.3. The lowest BCUT2D eigenvalue weighted by molar-refractivity contribution is -0.0125. The monoisotopic (exact) mass is 476 g/mol. The molecule has 0 aliphatic heterocycles. The van der Waals surface area contributed by atoms with Crippen LogP contribution in [0.15, 0.2) is 0 Å². The zero-order chi connectivity index (χ0) is 25.5. The molecule has 0 amide bonds. The Morgan fingerprint density at radius 1 is 0.355 bits per heavy atom. The molecule has 0 aromatic rings. The molecule has 31 heavy (non-hydrogen) atoms. The third-order valence-corrected chi connectivity index (χ3v) is 16.7. The molecule has 0 atom stereocenters. The highest BCUT2D eigenvalue weighted by Crippen LogP contribution is 2.53. The van der Waals surface area contributed by atoms with E-state index in [0.29, 0.717) is 5.67 Å². The van der Waals surface area contributed by atoms with Gasteiger partial charge < -0.3 is 17.7 Å². The molecule has 0 spiro atoms. The van der Waals surface area contributed by atoms with Gasteiger partial charge in [-0.2, -0.15) is 0 Å². The van der Waals surface area contributed by atoms with E-state index in [9.17, 15) is 0 Å². The third-order valence-electron chi connectivity index (χ3n) is 4.64. The summed E-state index contributed by atoms with van der Waals surface area (Å²) < 4.78 is 28.1. The van der Waals surface area contributed by atoms with Crippen LogP contribution in [0.4, 0.5) is 0 Å². The first kappa shape index (κ1) is 31.3. The molecule has 0 aromatic heterocycles. The Kier molecular flexibility index (Phi) is 9.22. The predicted octanol–water partition coefficient (Wildman–Crippen LogP) is 8.27. The highest BCUT2D eigenvalue weighted by Gasteiger charge is 2.65. The van der Waals surface area contributed by atoms with Gasteiger partial charge in [-0.05, 0) is 83.1 Å². The lowest BCUT2D eigenvalue weighted by Crippen LogP contribution is -2.67. The topological polar surface area (TPSA) is 36.9 Å². The molecule has 0 unspecified atom stereocenters. The van der Waals surface area contributed by atoms with Crippen LogP contribution >= 0.6 is 0 Å². The van der Waals surface area contributed by atoms with Crippen molar-refractivity contribution in [2.24, 2.45) is 0 Å². The molecule has 0 radical (unpaired) electrons. The van der Waals surface area contributed by atoms with Gasteiger partial charge in [0.15, 0.2) is 0 Å². The summed E-state index contributed by atoms with van der Waals surface area (Å²) in [7, 11) is -5.80. The fourth-order valence-corrected chi connectivity index (χ4v) is 16.7. The van der Waals surface area contributed by atoms with Crippen LogP contribution in [-0.2, 0) is 17.7 Å². The Hall–Kier alpha value is 0.274. The molecule has 0 fully saturated rings. The standard InChI is InChI=1S/C25H56O4Si2/c1-20(2,3)26-30(24(13,14)15,27-21(4,5)6)19-31(25(16,17)18,28-22(7,8)9)29-23(10,11)12/h19H2,1-18H3. The summed E-state index contributed by atoms with van der Waals surface area (Å²) in [5.74, 6) is 0. The Balaban J connectivity index is 7.13. The molecule has 0 saturated heterocycles. The molecule has 4 nitrogen and oxygen atoms in total. The van der Waals surface area contributed by atoms with Crippen molar-refractivity contribution in [3.05, 3.63) is 0 Å². The highest BCUT2D eigenvalue weighted by molar-refractivity contribution is 6.89. The number of hydrogen-bond donors (Lipinski definition) is 0. The fourth-order valence-electron chi connectivity index (χ4n) is 3.61. The average molecular weight is 477 g/mol. The lowest BCUT2D eigenvalue weighted by atomic mass is 10.2. The SMILES string of the molecule is CC(C)(C)O[Si](C[Si](OC(C)(C)C)(OC(C)(C)C)C(C)(C)C)(OC(C)(C)C)C(C)(C)C. The minimum absolute atomic E-state index is 0.181. The van der Waals surface area contributed by atoms with E-state index in [4.69, 9.17) is 17.7 Å². The summed E-state index contributed by atoms with van der Waals surface area (Å²) in [5, 5.41) is -0.362. The minimum atomic E-state index is -2.90. The number of hydrogen-bond acceptors (Lipinski definition) is 4. The third kappa shape index (κ3) is 10.4. The van der Waals surface area contributed by atoms with Gasteiger partial charge >= 0.3 is 17.1 Å². The van der Waals surface area contributed by atoms with Gasteiger partial charge in [0.05, 0.1) is 22.4 Å². The first-order chi connectivity index (χ1) is 13.0. The second-order valence-electron chi connectivity index (χ2n) is 15.0. The summed E-state index contributed by atoms with van der Waals surface area (Å²) in [5.41, 5.74) is -0.660. The maximum Gasteiger partial charge on any atom is 0.346 e. The highest BCUT2D eigenvalue weighted by atomic mass is 28.4. The lowest BCUT2D eigenvalue weighted by Gasteiger charge is -2.55. The Morgan fingerprint density at radius 3 is 0.613 bits per heavy atom. The molecule has 0 rings (SSSR count). The summed E-state index contributed by atoms with van der Waals surface area (Å²) >= 11 is 0. The van der Waals surface area contributed by atoms with Crippen molar-refractivity contribution in [1.29, 1.82) is 0 Å². The smallest absolute Gasteiger partial charge is 0.346 e. The molecule has 0 aliphatic carbocycles. The second kappa shape index (κ2) is 9.14. The van der Waals surface area contributed by atoms with Gasteiger partial charge in [0.25, 0.3) is 0 Å². The Labute approximate surface area is 197 Å². The van der Waals surface area contributed by atoms with Crippen LogP contribution < -0.4 is 0 Å². The van der Waals surface area contributed by atoms with E-state index in [2.05, 4.69) is 125 Å². The molecule has 0 N–H and O–H groups in total. The molecular formula is C25H56O4Si2. The fraction of sp³-hybridized carbons (Fsp3) is 1.00. The molecule has 0 saturated carbocycles. The second-order valence-corrected chi connectivity index (χ2v) is 23.3. The first-order valence-electron chi connectivity index (χ1n) is 11.8. The summed E-state index contributed by atoms with van der Waals surface area (Å²) in [6.45, 7) is 39.1. The average Bonchev–Trinajstić information content (AvgIpc) is 2.25. The van der Waals surface area contributed by atoms with Gasteiger partial charge in [-0.25, -0.2) is 0 Å². The zero-order valence-corrected chi connectivity index (χ0v) is 26.3. The Bertz CT molecular complexity index is 490. The summed E-state index contributed by atoms with van der Waals surface area (Å²) in [4.78, 5) is 0. The molecule has 0 bridgehead atoms. The first-order valence-corrected chi connectivity index (χ1v) is 15.9. The quantitative estimate of drug-likeness (QED) is 0.361. The van der Waals surface area contributed by atoms with Crippen molar-refractivity contribution in [2.75, 3.05) is 0 Å². The van der Waals surface area contributed by atoms with Gasteiger partial charge in [0.1, 0.15) is 0 Å². The van der Waals surface area contributed by atoms with Gasteiger partial charge in [0, 0.05) is 15.7 Å². The van der Waals surface area contributed by atoms with Gasteiger partial charge in [-0.1, -0.05) is 41.5 Å². The van der Waals surface area contributed by atoms with Crippen LogP contribution in [0, 0.1) is 0 Å². The van der Waals surface area contributed by atoms with Crippen LogP contribution in [0.25, 0.3) is 0 Å². The van der Waals surface area contributed by atoms with Crippen LogP contribution in [0.2, 0.25) is 15.7 Å². The summed E-state index contributed by atoms with van der Waals surface area (Å²) in [6.07, 6.45) is 0. The van der Waals surface area contributed by atoms with Crippen LogP contribution in [0.1, 0.15) is 125 Å². The molecule has 0 aliphatic rings. The van der Waals surface area contributed by atoms with E-state index in [-0.39, 0.29) is 32.5 Å². The van der Waals surface area contributed by atoms with E-state index >= 15 is 0 Å². The van der Waals surface area contributed by atoms with Gasteiger partial charge in [0.2, 0.25) is 0 Å². The molecule has 0 heterocycles. The summed E-state index contributed by atoms with van der Waals surface area (Å²) in [6, 6.07) is 0. The minimum Gasteiger partial charge on any atom is -0.389 e. The molecule has 0 aromatic carbocycles. The van der Waals surface area contributed by atoms with Crippen molar-refractivity contribution in [3.8, 4) is 0 Å². The normalized spacial score (nSPS) is 16.1. The maximum atomic E-state index is 7.04. The van der Waals surface area contributed by atoms with E-state index in [1.54, 1.807) is 0 Å². The van der Waals surface area contributed by atoms with Crippen molar-refractivity contribution in [1.82, 2.24) is 0 Å². The predicted molar refractivity (Wildman–Crippen MR) is 139 cm³/mol. The van der Waals surface area contributed by atoms with E-state index in [1.165, 1.54) is 0 Å².